The molecule has 4 amide bonds. The zero-order chi connectivity index (χ0) is 47.7. The molecule has 3 saturated heterocycles. The van der Waals surface area contributed by atoms with E-state index in [4.69, 9.17) is 43.0 Å². The first-order valence-corrected chi connectivity index (χ1v) is 18.0. The first-order chi connectivity index (χ1) is 30.3. The van der Waals surface area contributed by atoms with Gasteiger partial charge in [0.15, 0.2) is 34.0 Å². The van der Waals surface area contributed by atoms with Crippen LogP contribution >= 0.6 is 0 Å². The summed E-state index contributed by atoms with van der Waals surface area (Å²) in [5.74, 6) is -2.54. The summed E-state index contributed by atoms with van der Waals surface area (Å²) in [6, 6.07) is 1.86. The van der Waals surface area contributed by atoms with Crippen LogP contribution in [0.2, 0.25) is 0 Å². The largest absolute Gasteiger partial charge is 0.391 e. The molecule has 6 heterocycles. The lowest BCUT2D eigenvalue weighted by molar-refractivity contribution is -0.138. The maximum Gasteiger partial charge on any atom is 0.294 e. The van der Waals surface area contributed by atoms with Gasteiger partial charge in [-0.2, -0.15) is 5.26 Å². The Balaban J connectivity index is 0.000000210. The number of nitriles is 1. The second-order valence-corrected chi connectivity index (χ2v) is 13.7. The van der Waals surface area contributed by atoms with Gasteiger partial charge >= 0.3 is 0 Å². The third kappa shape index (κ3) is 9.24. The maximum atomic E-state index is 11.7. The Bertz CT molecular complexity index is 2170. The molecule has 0 aromatic rings. The highest BCUT2D eigenvalue weighted by molar-refractivity contribution is 5.90. The van der Waals surface area contributed by atoms with E-state index in [2.05, 4.69) is 71.7 Å². The second kappa shape index (κ2) is 20.0. The Morgan fingerprint density at radius 3 is 1.36 bits per heavy atom. The summed E-state index contributed by atoms with van der Waals surface area (Å²) in [7, 11) is 0. The fourth-order valence-corrected chi connectivity index (χ4v) is 6.82. The predicted molar refractivity (Wildman–Crippen MR) is 203 cm³/mol. The van der Waals surface area contributed by atoms with Crippen molar-refractivity contribution in [1.82, 2.24) is 45.4 Å². The van der Waals surface area contributed by atoms with Gasteiger partial charge < -0.3 is 81.2 Å². The van der Waals surface area contributed by atoms with Gasteiger partial charge in [-0.3, -0.25) is 19.2 Å². The van der Waals surface area contributed by atoms with Crippen molar-refractivity contribution >= 4 is 23.6 Å². The minimum atomic E-state index is -2.00. The molecule has 3 fully saturated rings. The van der Waals surface area contributed by atoms with E-state index in [1.807, 2.05) is 6.07 Å². The van der Waals surface area contributed by atoms with Crippen molar-refractivity contribution in [2.24, 2.45) is 38.8 Å². The summed E-state index contributed by atoms with van der Waals surface area (Å²) >= 11 is 0. The number of ether oxygens (including phenoxy) is 3. The van der Waals surface area contributed by atoms with Gasteiger partial charge in [-0.05, 0) is 0 Å². The minimum Gasteiger partial charge on any atom is -0.391 e. The molecule has 0 unspecified atom stereocenters. The number of carbonyl (C=O) groups is 4. The lowest BCUT2D eigenvalue weighted by Crippen LogP contribution is -2.48. The van der Waals surface area contributed by atoms with Crippen LogP contribution in [0.5, 0.6) is 0 Å². The monoisotopic (exact) mass is 896 g/mol. The molecule has 30 nitrogen and oxygen atoms in total. The number of nitrogens with two attached hydrogens (primary N) is 1. The number of aliphatic hydroxyl groups excluding tert-OH is 6. The molecular weight excluding hydrogens is 854 g/mol. The Kier molecular flexibility index (Phi) is 15.3. The summed E-state index contributed by atoms with van der Waals surface area (Å²) < 4.78 is 16.4. The lowest BCUT2D eigenvalue weighted by atomic mass is 9.95. The first-order valence-electron chi connectivity index (χ1n) is 18.0. The van der Waals surface area contributed by atoms with E-state index in [0.29, 0.717) is 0 Å². The molecule has 0 aliphatic carbocycles. The molecule has 14 N–H and O–H groups in total. The summed E-state index contributed by atoms with van der Waals surface area (Å²) in [4.78, 5) is 57.7. The summed E-state index contributed by atoms with van der Waals surface area (Å²) in [5, 5.41) is 85.6. The van der Waals surface area contributed by atoms with Crippen LogP contribution in [-0.2, 0) is 33.4 Å². The Morgan fingerprint density at radius 2 is 1.05 bits per heavy atom. The molecule has 338 valence electrons. The van der Waals surface area contributed by atoms with E-state index in [1.165, 1.54) is 45.5 Å². The zero-order valence-electron chi connectivity index (χ0n) is 33.1. The van der Waals surface area contributed by atoms with E-state index in [9.17, 15) is 55.1 Å². The van der Waals surface area contributed by atoms with Crippen molar-refractivity contribution in [3.05, 3.63) is 74.0 Å². The molecule has 0 spiro atoms. The van der Waals surface area contributed by atoms with Gasteiger partial charge in [-0.1, -0.05) is 25.7 Å². The quantitative estimate of drug-likeness (QED) is 0.0553. The standard InChI is InChI=1S/C12H13N5O4.C11H14N6O5.C11H12N6O4/c1-3-8-10(20)12(6-18,15-16-13)21-11(8)17-5-4-9(19)14-7(17)2;1-5-14-6(19)2-3-17(5)10-7(9(12)21)8(20)11(4-18,22-10)15-16-13;1-6-14-8(19)2-3-17(6)10-7(4-12)9(20)11(5-18,21-10)15-16-13/h1,4-5,8,10-11,13,18,20H,2,6H2;2-3,7-8,10,13,18,20H,1,4H2,(H2-,12,14,19,21);2-3,7,9-10,13,18,20H,1,5H2/p+3/t8-,10-,11+,12+;7-,8+,10-,11-;7-,9-,10+,11+/m010/s1. The number of nitrogens with one attached hydrogen (secondary N) is 6. The predicted octanol–water partition coefficient (Wildman–Crippen LogP) is -5.43. The van der Waals surface area contributed by atoms with Crippen LogP contribution < -0.4 is 36.4 Å². The van der Waals surface area contributed by atoms with Gasteiger partial charge in [0, 0.05) is 36.8 Å². The van der Waals surface area contributed by atoms with Gasteiger partial charge in [0.25, 0.3) is 34.9 Å². The van der Waals surface area contributed by atoms with Crippen molar-refractivity contribution in [3.8, 4) is 18.4 Å². The van der Waals surface area contributed by atoms with Gasteiger partial charge in [0.05, 0.1) is 12.0 Å². The highest BCUT2D eigenvalue weighted by atomic mass is 16.6. The number of rotatable bonds is 10. The van der Waals surface area contributed by atoms with E-state index in [1.54, 1.807) is 0 Å². The van der Waals surface area contributed by atoms with Crippen molar-refractivity contribution < 1.29 is 64.0 Å². The van der Waals surface area contributed by atoms with E-state index >= 15 is 0 Å². The van der Waals surface area contributed by atoms with E-state index < -0.39 is 104 Å². The lowest BCUT2D eigenvalue weighted by Gasteiger charge is -2.33. The highest BCUT2D eigenvalue weighted by Crippen LogP contribution is 2.41. The van der Waals surface area contributed by atoms with Gasteiger partial charge in [0.2, 0.25) is 20.6 Å². The van der Waals surface area contributed by atoms with E-state index in [-0.39, 0.29) is 29.3 Å². The number of nitrogens with zero attached hydrogens (tertiary/aromatic N) is 10. The SMILES string of the molecule is C#C[C@@H]1[C@H](N2C=CC(=O)NC2=C)O[C@@](CO)(N=[N+]=N)[C@H]1O.C=C1NC(=O)C=CN1[C@@H]1O[C@@](CO)(N=[N+]=N)[C@@H](O)[C@@H]1C#N.C=C1NC(=O)C=CN1[C@@H]1O[C@@](CO)(N=[N+]=N)[C@@H](O)[C@@H]1C(N)=O. The highest BCUT2D eigenvalue weighted by Gasteiger charge is 2.63. The molecule has 0 radical (unpaired) electrons. The smallest absolute Gasteiger partial charge is 0.294 e. The average Bonchev–Trinajstić information content (AvgIpc) is 3.81. The third-order valence-electron chi connectivity index (χ3n) is 10.0. The van der Waals surface area contributed by atoms with Crippen LogP contribution in [0.15, 0.2) is 89.4 Å². The zero-order valence-corrected chi connectivity index (χ0v) is 33.1. The van der Waals surface area contributed by atoms with Crippen LogP contribution in [0.3, 0.4) is 0 Å². The molecule has 6 aliphatic heterocycles. The van der Waals surface area contributed by atoms with E-state index in [0.717, 1.165) is 6.08 Å². The number of amides is 4. The fraction of sp³-hybridized carbons (Fsp3) is 0.441. The fourth-order valence-electron chi connectivity index (χ4n) is 6.82. The normalized spacial score (nSPS) is 34.8. The number of terminal acetylenes is 1. The van der Waals surface area contributed by atoms with Crippen LogP contribution in [0.25, 0.3) is 0 Å². The second-order valence-electron chi connectivity index (χ2n) is 13.7. The van der Waals surface area contributed by atoms with Crippen LogP contribution in [0, 0.1) is 58.0 Å². The molecule has 6 rings (SSSR count). The molecule has 0 saturated carbocycles. The molecular formula is C34H42N17O13+3. The van der Waals surface area contributed by atoms with Crippen LogP contribution in [0.4, 0.5) is 0 Å². The molecule has 0 aromatic carbocycles. The summed E-state index contributed by atoms with van der Waals surface area (Å²) in [6.07, 6.45) is 5.38. The molecule has 0 bridgehead atoms. The number of hydrogen-bond donors (Lipinski definition) is 13. The maximum absolute atomic E-state index is 11.7. The van der Waals surface area contributed by atoms with Crippen LogP contribution in [0.1, 0.15) is 0 Å². The van der Waals surface area contributed by atoms with Gasteiger partial charge in [-0.25, -0.2) is 0 Å². The Hall–Kier alpha value is -7.66. The molecule has 64 heavy (non-hydrogen) atoms. The molecule has 12 atom stereocenters. The number of primary amides is 1. The van der Waals surface area contributed by atoms with Gasteiger partial charge in [0.1, 0.15) is 84.0 Å². The molecule has 6 aliphatic rings. The van der Waals surface area contributed by atoms with Crippen molar-refractivity contribution in [1.29, 1.82) is 21.9 Å². The number of carbonyl (C=O) groups excluding carboxylic acids is 4. The van der Waals surface area contributed by atoms with Gasteiger partial charge in [-0.15, -0.1) is 6.42 Å². The average molecular weight is 897 g/mol. The Labute approximate surface area is 359 Å². The number of hydrogen-bond acceptors (Lipinski definition) is 23. The third-order valence-corrected chi connectivity index (χ3v) is 10.0. The molecule has 0 aromatic heterocycles. The summed E-state index contributed by atoms with van der Waals surface area (Å²) in [6.45, 7) is 8.59. The number of aliphatic hydroxyl groups is 6. The topological polar surface area (TPSA) is 464 Å². The van der Waals surface area contributed by atoms with Crippen molar-refractivity contribution in [2.45, 2.75) is 54.2 Å². The molecule has 30 heteroatoms. The van der Waals surface area contributed by atoms with Crippen LogP contribution in [-0.4, -0.2) is 143 Å². The Morgan fingerprint density at radius 1 is 0.719 bits per heavy atom. The van der Waals surface area contributed by atoms with Crippen molar-refractivity contribution in [2.75, 3.05) is 19.8 Å². The summed E-state index contributed by atoms with van der Waals surface area (Å²) in [5.41, 5.74) is 19.9. The minimum absolute atomic E-state index is 0.0903. The first kappa shape index (κ1) is 49.0. The van der Waals surface area contributed by atoms with Crippen molar-refractivity contribution in [3.63, 3.8) is 0 Å².